The van der Waals surface area contributed by atoms with Gasteiger partial charge in [-0.05, 0) is 112 Å². The molecule has 1 N–H and O–H groups in total. The molecule has 3 aromatic carbocycles. The van der Waals surface area contributed by atoms with Gasteiger partial charge in [0.2, 0.25) is 0 Å². The van der Waals surface area contributed by atoms with E-state index in [0.29, 0.717) is 71.0 Å². The van der Waals surface area contributed by atoms with Gasteiger partial charge in [-0.1, -0.05) is 44.4 Å². The number of esters is 1. The zero-order valence-corrected chi connectivity index (χ0v) is 29.8. The molecule has 1 saturated carbocycles. The first kappa shape index (κ1) is 37.4. The Morgan fingerprint density at radius 3 is 2.39 bits per heavy atom. The molecule has 51 heavy (non-hydrogen) atoms. The molecule has 0 atom stereocenters. The van der Waals surface area contributed by atoms with Crippen molar-refractivity contribution in [2.24, 2.45) is 16.8 Å². The van der Waals surface area contributed by atoms with Gasteiger partial charge in [-0.2, -0.15) is 0 Å². The van der Waals surface area contributed by atoms with Crippen molar-refractivity contribution in [3.63, 3.8) is 0 Å². The number of aromatic carboxylic acids is 1. The van der Waals surface area contributed by atoms with Crippen LogP contribution in [-0.2, 0) is 9.53 Å². The number of carboxylic acid groups (broad SMARTS) is 1. The highest BCUT2D eigenvalue weighted by Gasteiger charge is 2.28. The summed E-state index contributed by atoms with van der Waals surface area (Å²) in [4.78, 5) is 39.8. The first-order valence-corrected chi connectivity index (χ1v) is 18.2. The standard InChI is InChI=1S/C42H49N3O6/c1-4-12-30-15-17-31(18-16-30)42(48)51-33-20-21-34(36(27-33)29(3)44-40-28-43-38-13-8-9-14-39(38)45-40)37-26-32(19-22-35(37)41(46)47)50-25-11-7-6-10-24-49-23-5-2/h5,8-9,13-14,19-22,26-28,30-31H,2,4,6-7,10-12,15-18,23-25H2,1,3H3,(H,46,47). The number of unbranched alkanes of at least 4 members (excludes halogenated alkanes) is 3. The SMILES string of the molecule is C=CCOCCCCCCOc1ccc(C(=O)O)c(-c2ccc(OC(=O)C3CCC(CCC)CC3)cc2C(C)=Nc2cnc3ccccc3n2)c1. The molecule has 0 saturated heterocycles. The Bertz CT molecular complexity index is 1830. The van der Waals surface area contributed by atoms with Crippen molar-refractivity contribution in [1.29, 1.82) is 0 Å². The fraction of sp³-hybridized carbons (Fsp3) is 0.405. The Hall–Kier alpha value is -4.89. The molecule has 0 radical (unpaired) electrons. The van der Waals surface area contributed by atoms with Crippen LogP contribution in [0.5, 0.6) is 11.5 Å². The Labute approximate surface area is 300 Å². The molecule has 1 fully saturated rings. The van der Waals surface area contributed by atoms with Gasteiger partial charge in [0, 0.05) is 23.4 Å². The highest BCUT2D eigenvalue weighted by molar-refractivity contribution is 6.08. The third-order valence-corrected chi connectivity index (χ3v) is 9.39. The summed E-state index contributed by atoms with van der Waals surface area (Å²) in [5.41, 5.74) is 3.85. The predicted molar refractivity (Wildman–Crippen MR) is 201 cm³/mol. The van der Waals surface area contributed by atoms with Crippen LogP contribution in [0.1, 0.15) is 94.0 Å². The largest absolute Gasteiger partial charge is 0.494 e. The number of nitrogens with zero attached hydrogens (tertiary/aromatic N) is 3. The number of hydrogen-bond donors (Lipinski definition) is 1. The van der Waals surface area contributed by atoms with Gasteiger partial charge in [-0.15, -0.1) is 6.58 Å². The van der Waals surface area contributed by atoms with E-state index in [1.54, 1.807) is 48.7 Å². The summed E-state index contributed by atoms with van der Waals surface area (Å²) in [6.07, 6.45) is 13.3. The third kappa shape index (κ3) is 10.6. The molecule has 1 aliphatic rings. The van der Waals surface area contributed by atoms with Crippen LogP contribution in [0.15, 0.2) is 84.5 Å². The first-order valence-electron chi connectivity index (χ1n) is 18.2. The highest BCUT2D eigenvalue weighted by Crippen LogP contribution is 2.36. The van der Waals surface area contributed by atoms with E-state index in [4.69, 9.17) is 19.2 Å². The second-order valence-electron chi connectivity index (χ2n) is 13.2. The van der Waals surface area contributed by atoms with Crippen LogP contribution in [0.2, 0.25) is 0 Å². The average molecular weight is 692 g/mol. The van der Waals surface area contributed by atoms with E-state index in [-0.39, 0.29) is 17.5 Å². The normalized spacial score (nSPS) is 16.2. The number of ether oxygens (including phenoxy) is 3. The van der Waals surface area contributed by atoms with Gasteiger partial charge in [-0.25, -0.2) is 14.8 Å². The Morgan fingerprint density at radius 1 is 0.902 bits per heavy atom. The lowest BCUT2D eigenvalue weighted by atomic mass is 9.80. The van der Waals surface area contributed by atoms with E-state index in [1.807, 2.05) is 31.2 Å². The Kier molecular flexibility index (Phi) is 13.9. The van der Waals surface area contributed by atoms with E-state index in [0.717, 1.165) is 63.3 Å². The van der Waals surface area contributed by atoms with Crippen molar-refractivity contribution in [1.82, 2.24) is 9.97 Å². The van der Waals surface area contributed by atoms with E-state index in [9.17, 15) is 14.7 Å². The van der Waals surface area contributed by atoms with Gasteiger partial charge in [0.25, 0.3) is 0 Å². The minimum atomic E-state index is -1.06. The predicted octanol–water partition coefficient (Wildman–Crippen LogP) is 9.79. The first-order chi connectivity index (χ1) is 24.9. The Balaban J connectivity index is 1.42. The van der Waals surface area contributed by atoms with Crippen molar-refractivity contribution in [2.45, 2.75) is 78.1 Å². The number of para-hydroxylation sites is 2. The van der Waals surface area contributed by atoms with Gasteiger partial charge < -0.3 is 19.3 Å². The van der Waals surface area contributed by atoms with Crippen LogP contribution in [-0.4, -0.2) is 52.5 Å². The van der Waals surface area contributed by atoms with Gasteiger partial charge in [-0.3, -0.25) is 9.78 Å². The van der Waals surface area contributed by atoms with Gasteiger partial charge >= 0.3 is 11.9 Å². The number of rotatable bonds is 18. The smallest absolute Gasteiger partial charge is 0.336 e. The summed E-state index contributed by atoms with van der Waals surface area (Å²) in [7, 11) is 0. The summed E-state index contributed by atoms with van der Waals surface area (Å²) in [6, 6.07) is 17.9. The average Bonchev–Trinajstić information content (AvgIpc) is 3.14. The van der Waals surface area contributed by atoms with Gasteiger partial charge in [0.15, 0.2) is 5.82 Å². The van der Waals surface area contributed by atoms with Crippen LogP contribution in [0, 0.1) is 11.8 Å². The third-order valence-electron chi connectivity index (χ3n) is 9.39. The van der Waals surface area contributed by atoms with Crippen molar-refractivity contribution in [2.75, 3.05) is 19.8 Å². The molecule has 0 aliphatic heterocycles. The fourth-order valence-electron chi connectivity index (χ4n) is 6.69. The topological polar surface area (TPSA) is 120 Å². The summed E-state index contributed by atoms with van der Waals surface area (Å²) in [6.45, 7) is 9.48. The number of hydrogen-bond acceptors (Lipinski definition) is 8. The molecule has 5 rings (SSSR count). The summed E-state index contributed by atoms with van der Waals surface area (Å²) in [5, 5.41) is 10.2. The second-order valence-corrected chi connectivity index (χ2v) is 13.2. The zero-order valence-electron chi connectivity index (χ0n) is 29.8. The minimum absolute atomic E-state index is 0.120. The van der Waals surface area contributed by atoms with Gasteiger partial charge in [0.1, 0.15) is 11.5 Å². The molecule has 0 spiro atoms. The quantitative estimate of drug-likeness (QED) is 0.0360. The molecule has 0 bridgehead atoms. The lowest BCUT2D eigenvalue weighted by molar-refractivity contribution is -0.140. The lowest BCUT2D eigenvalue weighted by Gasteiger charge is -2.27. The molecule has 268 valence electrons. The molecule has 9 nitrogen and oxygen atoms in total. The van der Waals surface area contributed by atoms with E-state index in [2.05, 4.69) is 23.5 Å². The molecule has 1 aliphatic carbocycles. The van der Waals surface area contributed by atoms with Crippen LogP contribution in [0.3, 0.4) is 0 Å². The number of aliphatic imine (C=N–C) groups is 1. The summed E-state index contributed by atoms with van der Waals surface area (Å²) < 4.78 is 17.5. The fourth-order valence-corrected chi connectivity index (χ4v) is 6.69. The van der Waals surface area contributed by atoms with Crippen molar-refractivity contribution >= 4 is 34.5 Å². The van der Waals surface area contributed by atoms with Crippen LogP contribution < -0.4 is 9.47 Å². The maximum Gasteiger partial charge on any atom is 0.336 e. The van der Waals surface area contributed by atoms with Crippen LogP contribution in [0.25, 0.3) is 22.2 Å². The number of aromatic nitrogens is 2. The van der Waals surface area contributed by atoms with Gasteiger partial charge in [0.05, 0.1) is 41.9 Å². The number of benzene rings is 3. The maximum absolute atomic E-state index is 13.3. The monoisotopic (exact) mass is 691 g/mol. The van der Waals surface area contributed by atoms with Crippen molar-refractivity contribution in [3.8, 4) is 22.6 Å². The molecule has 4 aromatic rings. The molecule has 0 unspecified atom stereocenters. The highest BCUT2D eigenvalue weighted by atomic mass is 16.5. The molecule has 1 heterocycles. The zero-order chi connectivity index (χ0) is 36.0. The molecular formula is C42H49N3O6. The number of carbonyl (C=O) groups excluding carboxylic acids is 1. The molecule has 0 amide bonds. The maximum atomic E-state index is 13.3. The number of carboxylic acids is 1. The lowest BCUT2D eigenvalue weighted by Crippen LogP contribution is -2.25. The molecular weight excluding hydrogens is 642 g/mol. The van der Waals surface area contributed by atoms with E-state index >= 15 is 0 Å². The van der Waals surface area contributed by atoms with Crippen LogP contribution >= 0.6 is 0 Å². The van der Waals surface area contributed by atoms with E-state index in [1.165, 1.54) is 6.42 Å². The summed E-state index contributed by atoms with van der Waals surface area (Å²) >= 11 is 0. The van der Waals surface area contributed by atoms with Crippen LogP contribution in [0.4, 0.5) is 5.82 Å². The molecule has 1 aromatic heterocycles. The van der Waals surface area contributed by atoms with Crippen molar-refractivity contribution in [3.05, 3.63) is 90.6 Å². The van der Waals surface area contributed by atoms with Crippen molar-refractivity contribution < 1.29 is 28.9 Å². The Morgan fingerprint density at radius 2 is 1.65 bits per heavy atom. The number of carbonyl (C=O) groups is 2. The molecule has 9 heteroatoms. The van der Waals surface area contributed by atoms with E-state index < -0.39 is 5.97 Å². The minimum Gasteiger partial charge on any atom is -0.494 e. The number of fused-ring (bicyclic) bond motifs is 1. The second kappa shape index (κ2) is 18.9. The summed E-state index contributed by atoms with van der Waals surface area (Å²) in [5.74, 6) is 0.605.